The van der Waals surface area contributed by atoms with Gasteiger partial charge in [-0.15, -0.1) is 0 Å². The summed E-state index contributed by atoms with van der Waals surface area (Å²) in [5.41, 5.74) is 3.95. The van der Waals surface area contributed by atoms with Gasteiger partial charge in [0.05, 0.1) is 22.3 Å². The summed E-state index contributed by atoms with van der Waals surface area (Å²) in [6, 6.07) is 15.2. The van der Waals surface area contributed by atoms with E-state index in [0.717, 1.165) is 27.8 Å². The fourth-order valence-corrected chi connectivity index (χ4v) is 4.24. The van der Waals surface area contributed by atoms with Crippen molar-refractivity contribution in [3.05, 3.63) is 94.1 Å². The van der Waals surface area contributed by atoms with E-state index in [9.17, 15) is 9.18 Å². The van der Waals surface area contributed by atoms with Crippen molar-refractivity contribution < 1.29 is 9.18 Å². The largest absolute Gasteiger partial charge is 0.308 e. The van der Waals surface area contributed by atoms with Gasteiger partial charge in [-0.1, -0.05) is 41.4 Å². The van der Waals surface area contributed by atoms with E-state index in [-0.39, 0.29) is 18.3 Å². The Morgan fingerprint density at radius 2 is 1.83 bits per heavy atom. The fourth-order valence-electron chi connectivity index (χ4n) is 3.92. The SMILES string of the molecule is Cc1nn(CC(=O)Nc2ccn(Cc3ccc(Cl)c(Cl)c3)n2)c2nccc(-c3ccc(F)cc3)c12. The maximum Gasteiger partial charge on any atom is 0.247 e. The Kier molecular flexibility index (Phi) is 6.23. The monoisotopic (exact) mass is 508 g/mol. The molecule has 0 saturated heterocycles. The minimum absolute atomic E-state index is 0.0378. The van der Waals surface area contributed by atoms with Crippen LogP contribution >= 0.6 is 23.2 Å². The molecule has 35 heavy (non-hydrogen) atoms. The molecule has 0 saturated carbocycles. The number of carbonyl (C=O) groups excluding carboxylic acids is 1. The quantitative estimate of drug-likeness (QED) is 0.317. The van der Waals surface area contributed by atoms with Crippen LogP contribution in [0.1, 0.15) is 11.3 Å². The Labute approximate surface area is 210 Å². The summed E-state index contributed by atoms with van der Waals surface area (Å²) in [6.07, 6.45) is 3.42. The number of fused-ring (bicyclic) bond motifs is 1. The molecule has 0 radical (unpaired) electrons. The van der Waals surface area contributed by atoms with Crippen LogP contribution in [0.2, 0.25) is 10.0 Å². The standard InChI is InChI=1S/C25H19Cl2FN6O/c1-15-24-19(17-3-5-18(28)6-4-17)8-10-29-25(24)34(31-15)14-23(35)30-22-9-11-33(32-22)13-16-2-7-20(26)21(27)12-16/h2-12H,13-14H2,1H3,(H,30,32,35). The van der Waals surface area contributed by atoms with Gasteiger partial charge in [0, 0.05) is 23.8 Å². The number of aryl methyl sites for hydroxylation is 1. The van der Waals surface area contributed by atoms with Crippen LogP contribution in [-0.4, -0.2) is 30.5 Å². The van der Waals surface area contributed by atoms with Crippen LogP contribution in [0.4, 0.5) is 10.2 Å². The van der Waals surface area contributed by atoms with Gasteiger partial charge in [-0.05, 0) is 53.9 Å². The maximum absolute atomic E-state index is 13.4. The molecular weight excluding hydrogens is 490 g/mol. The molecule has 2 aromatic carbocycles. The van der Waals surface area contributed by atoms with Gasteiger partial charge in [-0.2, -0.15) is 10.2 Å². The summed E-state index contributed by atoms with van der Waals surface area (Å²) in [5.74, 6) is -0.172. The lowest BCUT2D eigenvalue weighted by Gasteiger charge is -2.06. The fraction of sp³-hybridized carbons (Fsp3) is 0.120. The van der Waals surface area contributed by atoms with Crippen LogP contribution in [0.15, 0.2) is 67.0 Å². The van der Waals surface area contributed by atoms with Crippen molar-refractivity contribution in [3.8, 4) is 11.1 Å². The van der Waals surface area contributed by atoms with Gasteiger partial charge < -0.3 is 5.32 Å². The number of rotatable bonds is 6. The van der Waals surface area contributed by atoms with E-state index in [1.807, 2.05) is 19.1 Å². The van der Waals surface area contributed by atoms with Crippen LogP contribution < -0.4 is 5.32 Å². The average Bonchev–Trinajstić information content (AvgIpc) is 3.40. The molecule has 0 aliphatic heterocycles. The number of benzene rings is 2. The number of nitrogens with zero attached hydrogens (tertiary/aromatic N) is 5. The molecule has 0 unspecified atom stereocenters. The third-order valence-corrected chi connectivity index (χ3v) is 6.23. The normalized spacial score (nSPS) is 11.2. The predicted molar refractivity (Wildman–Crippen MR) is 134 cm³/mol. The van der Waals surface area contributed by atoms with Crippen LogP contribution in [0, 0.1) is 12.7 Å². The van der Waals surface area contributed by atoms with Crippen molar-refractivity contribution in [2.45, 2.75) is 20.0 Å². The van der Waals surface area contributed by atoms with Gasteiger partial charge in [-0.3, -0.25) is 9.48 Å². The zero-order valence-corrected chi connectivity index (χ0v) is 20.1. The molecule has 0 bridgehead atoms. The molecule has 1 N–H and O–H groups in total. The molecular formula is C25H19Cl2FN6O. The molecule has 0 fully saturated rings. The van der Waals surface area contributed by atoms with E-state index in [4.69, 9.17) is 23.2 Å². The lowest BCUT2D eigenvalue weighted by Crippen LogP contribution is -2.20. The third kappa shape index (κ3) is 4.89. The lowest BCUT2D eigenvalue weighted by molar-refractivity contribution is -0.116. The first-order chi connectivity index (χ1) is 16.9. The second-order valence-corrected chi connectivity index (χ2v) is 8.82. The number of pyridine rings is 1. The molecule has 176 valence electrons. The van der Waals surface area contributed by atoms with E-state index in [2.05, 4.69) is 20.5 Å². The molecule has 5 rings (SSSR count). The number of aromatic nitrogens is 5. The third-order valence-electron chi connectivity index (χ3n) is 5.49. The number of nitrogens with one attached hydrogen (secondary N) is 1. The number of amides is 1. The lowest BCUT2D eigenvalue weighted by atomic mass is 10.0. The molecule has 1 amide bonds. The van der Waals surface area contributed by atoms with Gasteiger partial charge in [-0.25, -0.2) is 14.1 Å². The van der Waals surface area contributed by atoms with E-state index < -0.39 is 0 Å². The van der Waals surface area contributed by atoms with Crippen molar-refractivity contribution in [1.82, 2.24) is 24.5 Å². The van der Waals surface area contributed by atoms with Crippen LogP contribution in [0.5, 0.6) is 0 Å². The molecule has 0 aliphatic rings. The number of hydrogen-bond donors (Lipinski definition) is 1. The van der Waals surface area contributed by atoms with Gasteiger partial charge in [0.1, 0.15) is 12.4 Å². The number of anilines is 1. The summed E-state index contributed by atoms with van der Waals surface area (Å²) >= 11 is 12.0. The van der Waals surface area contributed by atoms with Gasteiger partial charge >= 0.3 is 0 Å². The predicted octanol–water partition coefficient (Wildman–Crippen LogP) is 5.74. The molecule has 10 heteroatoms. The second kappa shape index (κ2) is 9.48. The summed E-state index contributed by atoms with van der Waals surface area (Å²) < 4.78 is 16.6. The Bertz CT molecular complexity index is 1540. The van der Waals surface area contributed by atoms with Crippen molar-refractivity contribution >= 4 is 46.0 Å². The van der Waals surface area contributed by atoms with Gasteiger partial charge in [0.25, 0.3) is 0 Å². The average molecular weight is 509 g/mol. The molecule has 7 nitrogen and oxygen atoms in total. The molecule has 0 atom stereocenters. The molecule has 3 heterocycles. The van der Waals surface area contributed by atoms with Crippen LogP contribution in [-0.2, 0) is 17.9 Å². The first-order valence-electron chi connectivity index (χ1n) is 10.7. The minimum atomic E-state index is -0.303. The first kappa shape index (κ1) is 23.0. The Balaban J connectivity index is 1.32. The molecule has 3 aromatic heterocycles. The molecule has 0 spiro atoms. The van der Waals surface area contributed by atoms with E-state index in [0.29, 0.717) is 28.1 Å². The highest BCUT2D eigenvalue weighted by molar-refractivity contribution is 6.42. The molecule has 5 aromatic rings. The van der Waals surface area contributed by atoms with E-state index in [1.165, 1.54) is 12.1 Å². The number of halogens is 3. The highest BCUT2D eigenvalue weighted by Gasteiger charge is 2.16. The summed E-state index contributed by atoms with van der Waals surface area (Å²) in [5, 5.41) is 13.5. The van der Waals surface area contributed by atoms with Crippen LogP contribution in [0.25, 0.3) is 22.2 Å². The number of carbonyl (C=O) groups is 1. The van der Waals surface area contributed by atoms with Crippen LogP contribution in [0.3, 0.4) is 0 Å². The molecule has 0 aliphatic carbocycles. The van der Waals surface area contributed by atoms with Gasteiger partial charge in [0.15, 0.2) is 11.5 Å². The zero-order valence-electron chi connectivity index (χ0n) is 18.5. The Morgan fingerprint density at radius 1 is 1.03 bits per heavy atom. The van der Waals surface area contributed by atoms with Crippen molar-refractivity contribution in [2.24, 2.45) is 0 Å². The van der Waals surface area contributed by atoms with Crippen molar-refractivity contribution in [2.75, 3.05) is 5.32 Å². The maximum atomic E-state index is 13.4. The Morgan fingerprint density at radius 3 is 2.60 bits per heavy atom. The Hall–Kier alpha value is -3.75. The second-order valence-electron chi connectivity index (χ2n) is 8.00. The highest BCUT2D eigenvalue weighted by atomic mass is 35.5. The van der Waals surface area contributed by atoms with Crippen molar-refractivity contribution in [3.63, 3.8) is 0 Å². The summed E-state index contributed by atoms with van der Waals surface area (Å²) in [7, 11) is 0. The zero-order chi connectivity index (χ0) is 24.5. The smallest absolute Gasteiger partial charge is 0.247 e. The highest BCUT2D eigenvalue weighted by Crippen LogP contribution is 2.30. The summed E-state index contributed by atoms with van der Waals surface area (Å²) in [6.45, 7) is 2.30. The van der Waals surface area contributed by atoms with E-state index in [1.54, 1.807) is 52.1 Å². The topological polar surface area (TPSA) is 77.6 Å². The van der Waals surface area contributed by atoms with E-state index >= 15 is 0 Å². The number of hydrogen-bond acceptors (Lipinski definition) is 4. The summed E-state index contributed by atoms with van der Waals surface area (Å²) in [4.78, 5) is 17.2. The minimum Gasteiger partial charge on any atom is -0.308 e. The van der Waals surface area contributed by atoms with Crippen molar-refractivity contribution in [1.29, 1.82) is 0 Å². The first-order valence-corrected chi connectivity index (χ1v) is 11.5. The van der Waals surface area contributed by atoms with Gasteiger partial charge in [0.2, 0.25) is 5.91 Å².